The van der Waals surface area contributed by atoms with Crippen LogP contribution in [-0.2, 0) is 27.7 Å². The molecule has 0 aromatic heterocycles. The van der Waals surface area contributed by atoms with Crippen LogP contribution in [0.5, 0.6) is 0 Å². The van der Waals surface area contributed by atoms with Crippen LogP contribution in [0.15, 0.2) is 0 Å². The van der Waals surface area contributed by atoms with Gasteiger partial charge in [-0.2, -0.15) is 0 Å². The number of hydrogen-bond donors (Lipinski definition) is 0. The van der Waals surface area contributed by atoms with Crippen molar-refractivity contribution in [2.24, 2.45) is 0 Å². The van der Waals surface area contributed by atoms with Crippen molar-refractivity contribution in [3.8, 4) is 0 Å². The average molecular weight is 360 g/mol. The Morgan fingerprint density at radius 1 is 0.500 bits per heavy atom. The van der Waals surface area contributed by atoms with Gasteiger partial charge in [-0.25, -0.2) is 0 Å². The van der Waals surface area contributed by atoms with Gasteiger partial charge in [0.05, 0.1) is 8.41 Å². The molecule has 0 aliphatic heterocycles. The summed E-state index contributed by atoms with van der Waals surface area (Å²) in [7, 11) is 0. The molecule has 0 aliphatic carbocycles. The molecule has 6 heavy (non-hydrogen) atoms. The van der Waals surface area contributed by atoms with Gasteiger partial charge >= 0.3 is 0 Å². The van der Waals surface area contributed by atoms with Crippen LogP contribution in [-0.4, -0.2) is 8.41 Å². The van der Waals surface area contributed by atoms with Crippen LogP contribution < -0.4 is 0 Å². The van der Waals surface area contributed by atoms with Gasteiger partial charge in [0.25, 0.3) is 0 Å². The fourth-order valence-electron chi connectivity index (χ4n) is 0. The van der Waals surface area contributed by atoms with E-state index in [1.807, 2.05) is 0 Å². The van der Waals surface area contributed by atoms with Crippen molar-refractivity contribution in [2.75, 3.05) is 0 Å². The summed E-state index contributed by atoms with van der Waals surface area (Å²) >= 11 is 0. The van der Waals surface area contributed by atoms with Crippen molar-refractivity contribution >= 4 is 58.0 Å². The second-order valence-electron chi connectivity index (χ2n) is 0. The van der Waals surface area contributed by atoms with E-state index in [4.69, 9.17) is 0 Å². The Bertz CT molecular complexity index is 7.51. The summed E-state index contributed by atoms with van der Waals surface area (Å²) in [5, 5.41) is 0. The van der Waals surface area contributed by atoms with Crippen LogP contribution in [0.4, 0.5) is 0 Å². The van der Waals surface area contributed by atoms with Crippen molar-refractivity contribution in [2.45, 2.75) is 0 Å². The number of hydrogen-bond acceptors (Lipinski definition) is 0. The first-order chi connectivity index (χ1) is 0. The molecule has 0 atom stereocenters. The first-order valence-electron chi connectivity index (χ1n) is 0. The van der Waals surface area contributed by atoms with E-state index < -0.39 is 0 Å². The molecule has 40 valence electrons. The van der Waals surface area contributed by atoms with Crippen molar-refractivity contribution in [3.05, 3.63) is 0 Å². The molecular weight excluding hydrogens is 353 g/mol. The smallest absolute Gasteiger partial charge is 0.0814 e. The maximum Gasteiger partial charge on any atom is 0.0814 e. The van der Waals surface area contributed by atoms with E-state index in [-0.39, 0.29) is 85.7 Å². The summed E-state index contributed by atoms with van der Waals surface area (Å²) in [5.74, 6) is 0. The normalized spacial score (nSPS) is 0. The minimum atomic E-state index is 0. The molecule has 0 radical (unpaired) electrons. The molecule has 0 unspecified atom stereocenters. The zero-order valence-corrected chi connectivity index (χ0v) is 11.1. The topological polar surface area (TPSA) is 0 Å². The van der Waals surface area contributed by atoms with Gasteiger partial charge in [0.2, 0.25) is 0 Å². The molecule has 0 bridgehead atoms. The van der Waals surface area contributed by atoms with E-state index >= 15 is 0 Å². The largest absolute Gasteiger partial charge is 0.147 e. The van der Waals surface area contributed by atoms with E-state index in [0.717, 1.165) is 0 Å². The summed E-state index contributed by atoms with van der Waals surface area (Å²) < 4.78 is 0. The summed E-state index contributed by atoms with van der Waals surface area (Å²) in [6.07, 6.45) is 0. The van der Waals surface area contributed by atoms with E-state index in [0.29, 0.717) is 0 Å². The van der Waals surface area contributed by atoms with Gasteiger partial charge in [-0.15, -0.1) is 49.6 Å². The average Bonchev–Trinajstić information content (AvgIpc) is 0. The monoisotopic (exact) mass is 360 g/mol. The quantitative estimate of drug-likeness (QED) is 0.552. The zero-order chi connectivity index (χ0) is 0. The van der Waals surface area contributed by atoms with E-state index in [2.05, 4.69) is 0 Å². The van der Waals surface area contributed by atoms with Gasteiger partial charge in [0, 0.05) is 27.7 Å². The van der Waals surface area contributed by atoms with Crippen LogP contribution in [0.25, 0.3) is 0 Å². The van der Waals surface area contributed by atoms with Gasteiger partial charge in [-0.05, 0) is 0 Å². The summed E-state index contributed by atoms with van der Waals surface area (Å²) in [6, 6.07) is 0. The minimum Gasteiger partial charge on any atom is -0.147 e. The zero-order valence-electron chi connectivity index (χ0n) is 2.34. The van der Waals surface area contributed by atoms with Gasteiger partial charge in [-0.3, -0.25) is 0 Å². The Kier molecular flexibility index (Phi) is 870. The molecule has 0 N–H and O–H groups in total. The molecule has 6 heteroatoms. The molecule has 0 saturated heterocycles. The number of halogens is 4. The number of rotatable bonds is 0. The molecule has 0 spiro atoms. The fraction of sp³-hybridized carbons (Fsp3) is 0. The molecule has 0 aromatic carbocycles. The molecule has 0 saturated carbocycles. The Hall–Kier alpha value is 2.16. The molecule has 0 nitrogen and oxygen atoms in total. The van der Waals surface area contributed by atoms with Crippen LogP contribution in [0.1, 0.15) is 0 Å². The Balaban J connectivity index is 0. The molecule has 0 aromatic rings. The van der Waals surface area contributed by atoms with Crippen LogP contribution in [0.3, 0.4) is 0 Å². The SMILES string of the molecule is B.Cl.Cl.Cl.Cl.[Hg]. The first-order valence-corrected chi connectivity index (χ1v) is 0. The van der Waals surface area contributed by atoms with Crippen molar-refractivity contribution in [3.63, 3.8) is 0 Å². The molecule has 0 aliphatic rings. The Morgan fingerprint density at radius 3 is 0.500 bits per heavy atom. The molecule has 0 fully saturated rings. The van der Waals surface area contributed by atoms with Gasteiger partial charge < -0.3 is 0 Å². The predicted molar refractivity (Wildman–Crippen MR) is 38.9 cm³/mol. The maximum absolute atomic E-state index is 0. The summed E-state index contributed by atoms with van der Waals surface area (Å²) in [4.78, 5) is 0. The summed E-state index contributed by atoms with van der Waals surface area (Å²) in [6.45, 7) is 0. The van der Waals surface area contributed by atoms with E-state index in [1.165, 1.54) is 0 Å². The predicted octanol–water partition coefficient (Wildman–Crippen LogP) is 0.501. The second kappa shape index (κ2) is 58.2. The van der Waals surface area contributed by atoms with Gasteiger partial charge in [-0.1, -0.05) is 0 Å². The molecule has 0 amide bonds. The third-order valence-electron chi connectivity index (χ3n) is 0. The first kappa shape index (κ1) is 89.7. The van der Waals surface area contributed by atoms with Crippen LogP contribution in [0.2, 0.25) is 0 Å². The van der Waals surface area contributed by atoms with Crippen molar-refractivity contribution in [1.82, 2.24) is 0 Å². The fourth-order valence-corrected chi connectivity index (χ4v) is 0. The molecular formula is H7BCl4Hg. The molecule has 0 heterocycles. The van der Waals surface area contributed by atoms with Crippen molar-refractivity contribution in [1.29, 1.82) is 0 Å². The molecule has 0 rings (SSSR count). The van der Waals surface area contributed by atoms with Crippen molar-refractivity contribution < 1.29 is 27.7 Å². The summed E-state index contributed by atoms with van der Waals surface area (Å²) in [5.41, 5.74) is 0. The van der Waals surface area contributed by atoms with Crippen LogP contribution in [0, 0.1) is 0 Å². The second-order valence-corrected chi connectivity index (χ2v) is 0. The van der Waals surface area contributed by atoms with E-state index in [9.17, 15) is 0 Å². The standard InChI is InChI=1S/BH3.4ClH.Hg/h1H3;4*1H;. The maximum atomic E-state index is 0. The third-order valence-corrected chi connectivity index (χ3v) is 0. The Labute approximate surface area is 84.9 Å². The Morgan fingerprint density at radius 2 is 0.500 bits per heavy atom. The van der Waals surface area contributed by atoms with Gasteiger partial charge in [0.15, 0.2) is 0 Å². The van der Waals surface area contributed by atoms with Gasteiger partial charge in [0.1, 0.15) is 0 Å². The minimum absolute atomic E-state index is 0. The van der Waals surface area contributed by atoms with E-state index in [1.54, 1.807) is 0 Å². The van der Waals surface area contributed by atoms with Crippen LogP contribution >= 0.6 is 49.6 Å². The third kappa shape index (κ3) is 35.2.